The number of carbonyl (C=O) groups excluding carboxylic acids is 2. The second-order valence-electron chi connectivity index (χ2n) is 4.38. The van der Waals surface area contributed by atoms with Crippen LogP contribution in [0.25, 0.3) is 5.53 Å². The second kappa shape index (κ2) is 8.28. The number of carboxylic acid groups (broad SMARTS) is 1. The van der Waals surface area contributed by atoms with Crippen molar-refractivity contribution in [3.05, 3.63) is 5.53 Å². The molecule has 0 aromatic rings. The van der Waals surface area contributed by atoms with Gasteiger partial charge in [0, 0.05) is 12.7 Å². The number of sulfone groups is 1. The number of carboxylic acids is 1. The Morgan fingerprint density at radius 1 is 1.38 bits per heavy atom. The van der Waals surface area contributed by atoms with Gasteiger partial charge >= 0.3 is 12.2 Å². The fourth-order valence-corrected chi connectivity index (χ4v) is 2.68. The zero-order valence-corrected chi connectivity index (χ0v) is 12.5. The molecule has 0 heterocycles. The van der Waals surface area contributed by atoms with Crippen molar-refractivity contribution < 1.29 is 32.7 Å². The molecule has 0 aliphatic rings. The summed E-state index contributed by atoms with van der Waals surface area (Å²) in [4.78, 5) is 36.4. The molecule has 0 aliphatic heterocycles. The smallest absolute Gasteiger partial charge is 0.326 e. The molecule has 9 nitrogen and oxygen atoms in total. The van der Waals surface area contributed by atoms with Gasteiger partial charge in [-0.15, -0.1) is 0 Å². The largest absolute Gasteiger partial charge is 0.480 e. The number of rotatable bonds is 9. The number of hydrogen-bond acceptors (Lipinski definition) is 5. The minimum absolute atomic E-state index is 0.00705. The van der Waals surface area contributed by atoms with Gasteiger partial charge in [0.25, 0.3) is 0 Å². The van der Waals surface area contributed by atoms with Crippen LogP contribution in [0.15, 0.2) is 0 Å². The van der Waals surface area contributed by atoms with Crippen LogP contribution in [0, 0.1) is 0 Å². The summed E-state index contributed by atoms with van der Waals surface area (Å²) in [5.41, 5.74) is 8.15. The molecule has 0 bridgehead atoms. The van der Waals surface area contributed by atoms with Crippen LogP contribution in [-0.4, -0.2) is 59.7 Å². The predicted octanol–water partition coefficient (Wildman–Crippen LogP) is -0.971. The van der Waals surface area contributed by atoms with Crippen molar-refractivity contribution in [2.45, 2.75) is 37.5 Å². The maximum atomic E-state index is 11.8. The van der Waals surface area contributed by atoms with E-state index in [0.29, 0.717) is 6.21 Å². The highest BCUT2D eigenvalue weighted by Crippen LogP contribution is 2.06. The van der Waals surface area contributed by atoms with Gasteiger partial charge in [0.2, 0.25) is 11.7 Å². The number of hydrogen-bond donors (Lipinski definition) is 2. The van der Waals surface area contributed by atoms with Crippen LogP contribution >= 0.6 is 0 Å². The van der Waals surface area contributed by atoms with Crippen LogP contribution in [0.1, 0.15) is 26.2 Å². The molecule has 0 spiro atoms. The van der Waals surface area contributed by atoms with Crippen molar-refractivity contribution in [3.63, 3.8) is 0 Å². The van der Waals surface area contributed by atoms with Crippen LogP contribution in [-0.2, 0) is 24.2 Å². The average molecular weight is 319 g/mol. The van der Waals surface area contributed by atoms with E-state index in [1.54, 1.807) is 0 Å². The number of Topliss-reactive ketones (excluding diaryl/α,β-unsaturated/α-hetero) is 1. The van der Waals surface area contributed by atoms with Crippen molar-refractivity contribution >= 4 is 33.7 Å². The number of ketones is 1. The lowest BCUT2D eigenvalue weighted by Gasteiger charge is -2.17. The number of nitrogens with zero attached hydrogens (tertiary/aromatic N) is 2. The SMILES string of the molecule is CC[C@@H](C(=O)N[C@@H](CCC(=O)C=[N+]=[N-])C(=O)O)S(C)(=O)=O. The van der Waals surface area contributed by atoms with Crippen LogP contribution in [0.2, 0.25) is 0 Å². The molecule has 0 rings (SSSR count). The zero-order chi connectivity index (χ0) is 16.6. The normalized spacial score (nSPS) is 13.6. The van der Waals surface area contributed by atoms with Gasteiger partial charge in [0.05, 0.1) is 0 Å². The molecular weight excluding hydrogens is 302 g/mol. The molecule has 2 N–H and O–H groups in total. The maximum Gasteiger partial charge on any atom is 0.326 e. The third-order valence-electron chi connectivity index (χ3n) is 2.68. The first-order valence-electron chi connectivity index (χ1n) is 6.05. The molecule has 0 fully saturated rings. The first-order valence-corrected chi connectivity index (χ1v) is 8.01. The molecule has 1 amide bonds. The first kappa shape index (κ1) is 18.9. The molecule has 118 valence electrons. The standard InChI is InChI=1S/C11H17N3O6S/c1-3-9(21(2,19)20)10(16)14-8(11(17)18)5-4-7(15)6-13-12/h6,8-9H,3-5H2,1-2H3,(H,14,16)(H,17,18)/t8-,9-/m0/s1. The van der Waals surface area contributed by atoms with Gasteiger partial charge in [-0.1, -0.05) is 6.92 Å². The van der Waals surface area contributed by atoms with Gasteiger partial charge in [-0.2, -0.15) is 4.79 Å². The highest BCUT2D eigenvalue weighted by molar-refractivity contribution is 7.92. The minimum atomic E-state index is -3.65. The Morgan fingerprint density at radius 3 is 2.33 bits per heavy atom. The number of nitrogens with one attached hydrogen (secondary N) is 1. The van der Waals surface area contributed by atoms with Gasteiger partial charge in [0.15, 0.2) is 9.84 Å². The van der Waals surface area contributed by atoms with Crippen LogP contribution in [0.4, 0.5) is 0 Å². The van der Waals surface area contributed by atoms with Crippen molar-refractivity contribution in [1.82, 2.24) is 5.32 Å². The number of aliphatic carboxylic acids is 1. The van der Waals surface area contributed by atoms with E-state index >= 15 is 0 Å². The molecule has 21 heavy (non-hydrogen) atoms. The topological polar surface area (TPSA) is 154 Å². The molecule has 0 aliphatic carbocycles. The molecular formula is C11H17N3O6S. The fraction of sp³-hybridized carbons (Fsp3) is 0.636. The van der Waals surface area contributed by atoms with E-state index in [-0.39, 0.29) is 19.3 Å². The highest BCUT2D eigenvalue weighted by Gasteiger charge is 2.30. The van der Waals surface area contributed by atoms with E-state index in [4.69, 9.17) is 10.6 Å². The molecule has 0 aromatic carbocycles. The van der Waals surface area contributed by atoms with Crippen molar-refractivity contribution in [3.8, 4) is 0 Å². The highest BCUT2D eigenvalue weighted by atomic mass is 32.2. The first-order chi connectivity index (χ1) is 9.63. The summed E-state index contributed by atoms with van der Waals surface area (Å²) in [6.45, 7) is 1.49. The fourth-order valence-electron chi connectivity index (χ4n) is 1.62. The molecule has 0 unspecified atom stereocenters. The quantitative estimate of drug-likeness (QED) is 0.316. The van der Waals surface area contributed by atoms with Crippen molar-refractivity contribution in [2.75, 3.05) is 6.26 Å². The van der Waals surface area contributed by atoms with Crippen LogP contribution in [0.3, 0.4) is 0 Å². The Hall–Kier alpha value is -2.06. The molecule has 0 saturated heterocycles. The van der Waals surface area contributed by atoms with E-state index in [1.807, 2.05) is 0 Å². The van der Waals surface area contributed by atoms with Crippen LogP contribution in [0.5, 0.6) is 0 Å². The summed E-state index contributed by atoms with van der Waals surface area (Å²) in [7, 11) is -3.65. The minimum Gasteiger partial charge on any atom is -0.480 e. The lowest BCUT2D eigenvalue weighted by Crippen LogP contribution is -2.47. The van der Waals surface area contributed by atoms with Crippen LogP contribution < -0.4 is 5.32 Å². The Labute approximate surface area is 121 Å². The molecule has 2 atom stereocenters. The lowest BCUT2D eigenvalue weighted by atomic mass is 10.1. The lowest BCUT2D eigenvalue weighted by molar-refractivity contribution is -0.142. The van der Waals surface area contributed by atoms with Gasteiger partial charge in [-0.25, -0.2) is 13.2 Å². The van der Waals surface area contributed by atoms with Gasteiger partial charge in [0.1, 0.15) is 11.3 Å². The predicted molar refractivity (Wildman–Crippen MR) is 72.4 cm³/mol. The zero-order valence-electron chi connectivity index (χ0n) is 11.6. The summed E-state index contributed by atoms with van der Waals surface area (Å²) in [5, 5.41) is 9.72. The summed E-state index contributed by atoms with van der Waals surface area (Å²) < 4.78 is 22.8. The molecule has 10 heteroatoms. The average Bonchev–Trinajstić information content (AvgIpc) is 2.33. The third-order valence-corrected chi connectivity index (χ3v) is 4.26. The Kier molecular flexibility index (Phi) is 7.46. The number of carbonyl (C=O) groups is 3. The Bertz CT molecular complexity index is 565. The second-order valence-corrected chi connectivity index (χ2v) is 6.60. The van der Waals surface area contributed by atoms with E-state index in [2.05, 4.69) is 10.1 Å². The van der Waals surface area contributed by atoms with Gasteiger partial charge < -0.3 is 16.0 Å². The van der Waals surface area contributed by atoms with E-state index in [0.717, 1.165) is 6.26 Å². The summed E-state index contributed by atoms with van der Waals surface area (Å²) in [5.74, 6) is -2.93. The summed E-state index contributed by atoms with van der Waals surface area (Å²) >= 11 is 0. The van der Waals surface area contributed by atoms with Gasteiger partial charge in [-0.05, 0) is 12.8 Å². The van der Waals surface area contributed by atoms with Crippen molar-refractivity contribution in [1.29, 1.82) is 0 Å². The molecule has 0 radical (unpaired) electrons. The van der Waals surface area contributed by atoms with E-state index < -0.39 is 38.8 Å². The summed E-state index contributed by atoms with van der Waals surface area (Å²) in [6, 6.07) is -1.40. The maximum absolute atomic E-state index is 11.8. The van der Waals surface area contributed by atoms with Gasteiger partial charge in [-0.3, -0.25) is 9.59 Å². The Morgan fingerprint density at radius 2 is 1.95 bits per heavy atom. The summed E-state index contributed by atoms with van der Waals surface area (Å²) in [6.07, 6.45) is 1.00. The number of amides is 1. The van der Waals surface area contributed by atoms with Crippen molar-refractivity contribution in [2.24, 2.45) is 0 Å². The van der Waals surface area contributed by atoms with E-state index in [1.165, 1.54) is 6.92 Å². The third kappa shape index (κ3) is 6.77. The van der Waals surface area contributed by atoms with E-state index in [9.17, 15) is 22.8 Å². The monoisotopic (exact) mass is 319 g/mol. The molecule has 0 aromatic heterocycles. The molecule has 0 saturated carbocycles. The Balaban J connectivity index is 4.86.